The van der Waals surface area contributed by atoms with E-state index >= 15 is 0 Å². The molecule has 1 fully saturated rings. The van der Waals surface area contributed by atoms with Gasteiger partial charge in [0.2, 0.25) is 0 Å². The lowest BCUT2D eigenvalue weighted by Crippen LogP contribution is -2.29. The van der Waals surface area contributed by atoms with Crippen LogP contribution in [0.25, 0.3) is 0 Å². The van der Waals surface area contributed by atoms with Gasteiger partial charge in [-0.2, -0.15) is 0 Å². The second-order valence-corrected chi connectivity index (χ2v) is 7.37. The largest absolute Gasteiger partial charge is 0.388 e. The molecule has 1 aliphatic heterocycles. The molecule has 0 amide bonds. The van der Waals surface area contributed by atoms with Gasteiger partial charge in [0, 0.05) is 13.1 Å². The van der Waals surface area contributed by atoms with Crippen LogP contribution in [0.4, 0.5) is 0 Å². The molecule has 0 spiro atoms. The van der Waals surface area contributed by atoms with Gasteiger partial charge >= 0.3 is 0 Å². The molecule has 0 bridgehead atoms. The molecule has 0 radical (unpaired) electrons. The van der Waals surface area contributed by atoms with Crippen LogP contribution >= 0.6 is 0 Å². The summed E-state index contributed by atoms with van der Waals surface area (Å²) in [6.07, 6.45) is 0.870. The van der Waals surface area contributed by atoms with Crippen molar-refractivity contribution < 1.29 is 13.5 Å². The highest BCUT2D eigenvalue weighted by Gasteiger charge is 2.19. The number of nitrogens with zero attached hydrogens (tertiary/aromatic N) is 1. The quantitative estimate of drug-likeness (QED) is 0.903. The van der Waals surface area contributed by atoms with Gasteiger partial charge in [-0.3, -0.25) is 0 Å². The molecule has 19 heavy (non-hydrogen) atoms. The van der Waals surface area contributed by atoms with E-state index < -0.39 is 15.9 Å². The fourth-order valence-electron chi connectivity index (χ4n) is 2.36. The Morgan fingerprint density at radius 1 is 1.16 bits per heavy atom. The molecule has 5 heteroatoms. The fourth-order valence-corrected chi connectivity index (χ4v) is 3.67. The van der Waals surface area contributed by atoms with Crippen molar-refractivity contribution >= 4 is 9.84 Å². The predicted octanol–water partition coefficient (Wildman–Crippen LogP) is 1.23. The molecule has 106 valence electrons. The van der Waals surface area contributed by atoms with Gasteiger partial charge < -0.3 is 10.0 Å². The fraction of sp³-hybridized carbons (Fsp3) is 0.571. The first-order valence-corrected chi connectivity index (χ1v) is 8.55. The minimum Gasteiger partial charge on any atom is -0.388 e. The number of aliphatic hydroxyl groups excluding tert-OH is 1. The maximum absolute atomic E-state index is 11.5. The summed E-state index contributed by atoms with van der Waals surface area (Å²) in [5.74, 6) is 0.541. The minimum atomic E-state index is -2.85. The SMILES string of the molecule is O=S1(=O)CCCN(CCC(O)c2ccccc2)CC1. The zero-order valence-corrected chi connectivity index (χ0v) is 11.8. The van der Waals surface area contributed by atoms with Crippen molar-refractivity contribution in [3.63, 3.8) is 0 Å². The Hall–Kier alpha value is -0.910. The van der Waals surface area contributed by atoms with Gasteiger partial charge in [0.25, 0.3) is 0 Å². The maximum Gasteiger partial charge on any atom is 0.151 e. The first kappa shape index (κ1) is 14.5. The maximum atomic E-state index is 11.5. The lowest BCUT2D eigenvalue weighted by atomic mass is 10.1. The first-order valence-electron chi connectivity index (χ1n) is 6.73. The lowest BCUT2D eigenvalue weighted by Gasteiger charge is -2.21. The Kier molecular flexibility index (Phi) is 4.96. The van der Waals surface area contributed by atoms with Gasteiger partial charge in [-0.1, -0.05) is 30.3 Å². The second-order valence-electron chi connectivity index (χ2n) is 5.06. The standard InChI is InChI=1S/C14H21NO3S/c16-14(13-5-2-1-3-6-13)7-9-15-8-4-11-19(17,18)12-10-15/h1-3,5-6,14,16H,4,7-12H2. The van der Waals surface area contributed by atoms with Crippen molar-refractivity contribution in [3.05, 3.63) is 35.9 Å². The average molecular weight is 283 g/mol. The summed E-state index contributed by atoms with van der Waals surface area (Å²) >= 11 is 0. The molecule has 0 aliphatic carbocycles. The molecule has 1 aliphatic rings. The van der Waals surface area contributed by atoms with Crippen LogP contribution in [0.5, 0.6) is 0 Å². The molecular weight excluding hydrogens is 262 g/mol. The van der Waals surface area contributed by atoms with E-state index in [4.69, 9.17) is 0 Å². The monoisotopic (exact) mass is 283 g/mol. The van der Waals surface area contributed by atoms with Crippen molar-refractivity contribution in [2.45, 2.75) is 18.9 Å². The van der Waals surface area contributed by atoms with Gasteiger partial charge in [0.1, 0.15) is 0 Å². The Morgan fingerprint density at radius 3 is 2.63 bits per heavy atom. The van der Waals surface area contributed by atoms with Crippen LogP contribution < -0.4 is 0 Å². The smallest absolute Gasteiger partial charge is 0.151 e. The highest BCUT2D eigenvalue weighted by atomic mass is 32.2. The van der Waals surface area contributed by atoms with Gasteiger partial charge in [-0.15, -0.1) is 0 Å². The molecule has 4 nitrogen and oxygen atoms in total. The van der Waals surface area contributed by atoms with Gasteiger partial charge in [0.05, 0.1) is 17.6 Å². The summed E-state index contributed by atoms with van der Waals surface area (Å²) in [5.41, 5.74) is 0.921. The third kappa shape index (κ3) is 4.60. The van der Waals surface area contributed by atoms with E-state index in [2.05, 4.69) is 4.90 Å². The molecule has 1 saturated heterocycles. The Morgan fingerprint density at radius 2 is 1.89 bits per heavy atom. The van der Waals surface area contributed by atoms with Crippen molar-refractivity contribution in [3.8, 4) is 0 Å². The molecule has 1 atom stereocenters. The van der Waals surface area contributed by atoms with Crippen LogP contribution in [0, 0.1) is 0 Å². The van der Waals surface area contributed by atoms with Crippen LogP contribution in [0.3, 0.4) is 0 Å². The molecule has 2 rings (SSSR count). The second kappa shape index (κ2) is 6.50. The third-order valence-electron chi connectivity index (χ3n) is 3.55. The van der Waals surface area contributed by atoms with E-state index in [1.807, 2.05) is 30.3 Å². The topological polar surface area (TPSA) is 57.6 Å². The van der Waals surface area contributed by atoms with Gasteiger partial charge in [0.15, 0.2) is 9.84 Å². The number of hydrogen-bond donors (Lipinski definition) is 1. The van der Waals surface area contributed by atoms with E-state index in [9.17, 15) is 13.5 Å². The number of benzene rings is 1. The van der Waals surface area contributed by atoms with Crippen molar-refractivity contribution in [2.24, 2.45) is 0 Å². The molecule has 1 heterocycles. The average Bonchev–Trinajstić information content (AvgIpc) is 2.58. The number of sulfone groups is 1. The van der Waals surface area contributed by atoms with E-state index in [0.29, 0.717) is 25.1 Å². The Bertz CT molecular complexity index is 487. The molecule has 0 aromatic heterocycles. The van der Waals surface area contributed by atoms with E-state index in [1.54, 1.807) is 0 Å². The molecule has 1 aromatic carbocycles. The molecule has 1 N–H and O–H groups in total. The van der Waals surface area contributed by atoms with Crippen molar-refractivity contribution in [1.29, 1.82) is 0 Å². The number of aliphatic hydroxyl groups is 1. The highest BCUT2D eigenvalue weighted by molar-refractivity contribution is 7.91. The Balaban J connectivity index is 1.82. The number of rotatable bonds is 4. The van der Waals surface area contributed by atoms with Crippen LogP contribution in [0.15, 0.2) is 30.3 Å². The summed E-state index contributed by atoms with van der Waals surface area (Å²) in [7, 11) is -2.85. The summed E-state index contributed by atoms with van der Waals surface area (Å²) in [6.45, 7) is 2.14. The summed E-state index contributed by atoms with van der Waals surface area (Å²) < 4.78 is 23.0. The van der Waals surface area contributed by atoms with E-state index in [1.165, 1.54) is 0 Å². The summed E-state index contributed by atoms with van der Waals surface area (Å²) in [5, 5.41) is 10.1. The van der Waals surface area contributed by atoms with E-state index in [0.717, 1.165) is 18.7 Å². The van der Waals surface area contributed by atoms with Crippen molar-refractivity contribution in [1.82, 2.24) is 4.90 Å². The third-order valence-corrected chi connectivity index (χ3v) is 5.27. The zero-order valence-electron chi connectivity index (χ0n) is 11.0. The molecular formula is C14H21NO3S. The van der Waals surface area contributed by atoms with Crippen molar-refractivity contribution in [2.75, 3.05) is 31.1 Å². The van der Waals surface area contributed by atoms with Crippen LogP contribution in [-0.2, 0) is 9.84 Å². The molecule has 1 aromatic rings. The first-order chi connectivity index (χ1) is 9.07. The van der Waals surface area contributed by atoms with Gasteiger partial charge in [-0.05, 0) is 24.9 Å². The molecule has 0 saturated carbocycles. The summed E-state index contributed by atoms with van der Waals surface area (Å²) in [6, 6.07) is 9.58. The number of hydrogen-bond acceptors (Lipinski definition) is 4. The van der Waals surface area contributed by atoms with Crippen LogP contribution in [-0.4, -0.2) is 49.6 Å². The zero-order chi connectivity index (χ0) is 13.7. The van der Waals surface area contributed by atoms with Crippen LogP contribution in [0.1, 0.15) is 24.5 Å². The Labute approximate surface area is 115 Å². The van der Waals surface area contributed by atoms with Gasteiger partial charge in [-0.25, -0.2) is 8.42 Å². The minimum absolute atomic E-state index is 0.244. The predicted molar refractivity (Wildman–Crippen MR) is 75.7 cm³/mol. The van der Waals surface area contributed by atoms with E-state index in [-0.39, 0.29) is 5.75 Å². The highest BCUT2D eigenvalue weighted by Crippen LogP contribution is 2.17. The molecule has 1 unspecified atom stereocenters. The lowest BCUT2D eigenvalue weighted by molar-refractivity contribution is 0.144. The summed E-state index contributed by atoms with van der Waals surface area (Å²) in [4.78, 5) is 2.14. The van der Waals surface area contributed by atoms with Crippen LogP contribution in [0.2, 0.25) is 0 Å². The normalized spacial score (nSPS) is 21.7.